The van der Waals surface area contributed by atoms with Gasteiger partial charge in [-0.2, -0.15) is 0 Å². The molecule has 3 amide bonds. The Hall–Kier alpha value is -2.16. The van der Waals surface area contributed by atoms with Crippen LogP contribution in [0.5, 0.6) is 0 Å². The minimum absolute atomic E-state index is 0.0829. The highest BCUT2D eigenvalue weighted by Crippen LogP contribution is 2.11. The van der Waals surface area contributed by atoms with Crippen molar-refractivity contribution in [3.8, 4) is 0 Å². The highest BCUT2D eigenvalue weighted by atomic mass is 16.4. The maximum absolute atomic E-state index is 12.6. The van der Waals surface area contributed by atoms with Crippen molar-refractivity contribution in [3.63, 3.8) is 0 Å². The number of aliphatic carboxylic acids is 1. The molecule has 0 unspecified atom stereocenters. The summed E-state index contributed by atoms with van der Waals surface area (Å²) in [5.41, 5.74) is 5.20. The lowest BCUT2D eigenvalue weighted by atomic mass is 9.96. The van der Waals surface area contributed by atoms with Gasteiger partial charge in [-0.25, -0.2) is 4.79 Å². The van der Waals surface area contributed by atoms with Gasteiger partial charge >= 0.3 is 5.97 Å². The molecule has 0 saturated heterocycles. The number of hydrogen-bond acceptors (Lipinski definition) is 5. The van der Waals surface area contributed by atoms with Gasteiger partial charge in [-0.05, 0) is 25.2 Å². The molecule has 150 valence electrons. The van der Waals surface area contributed by atoms with Gasteiger partial charge in [-0.3, -0.25) is 14.4 Å². The first kappa shape index (κ1) is 23.8. The van der Waals surface area contributed by atoms with Crippen molar-refractivity contribution in [1.29, 1.82) is 0 Å². The van der Waals surface area contributed by atoms with Gasteiger partial charge in [0.25, 0.3) is 0 Å². The largest absolute Gasteiger partial charge is 0.480 e. The maximum Gasteiger partial charge on any atom is 0.326 e. The predicted molar refractivity (Wildman–Crippen MR) is 97.1 cm³/mol. The number of rotatable bonds is 11. The fourth-order valence-electron chi connectivity index (χ4n) is 2.30. The molecule has 0 fully saturated rings. The molecular formula is C17H32N4O5. The molecular weight excluding hydrogens is 340 g/mol. The molecule has 26 heavy (non-hydrogen) atoms. The van der Waals surface area contributed by atoms with Gasteiger partial charge in [0.2, 0.25) is 17.7 Å². The van der Waals surface area contributed by atoms with Crippen LogP contribution >= 0.6 is 0 Å². The number of carboxylic acid groups (broad SMARTS) is 1. The Morgan fingerprint density at radius 3 is 1.96 bits per heavy atom. The first-order valence-corrected chi connectivity index (χ1v) is 8.86. The number of carbonyl (C=O) groups excluding carboxylic acids is 3. The lowest BCUT2D eigenvalue weighted by molar-refractivity contribution is -0.143. The average molecular weight is 372 g/mol. The number of nitrogens with one attached hydrogen (secondary N) is 3. The van der Waals surface area contributed by atoms with Crippen molar-refractivity contribution < 1.29 is 24.3 Å². The third kappa shape index (κ3) is 8.28. The number of nitrogens with two attached hydrogens (primary N) is 1. The van der Waals surface area contributed by atoms with E-state index < -0.39 is 41.8 Å². The zero-order valence-corrected chi connectivity index (χ0v) is 16.2. The zero-order chi connectivity index (χ0) is 20.4. The Morgan fingerprint density at radius 2 is 1.54 bits per heavy atom. The average Bonchev–Trinajstić information content (AvgIpc) is 2.57. The Balaban J connectivity index is 5.12. The van der Waals surface area contributed by atoms with Crippen LogP contribution in [-0.2, 0) is 19.2 Å². The lowest BCUT2D eigenvalue weighted by Gasteiger charge is -2.27. The van der Waals surface area contributed by atoms with Gasteiger partial charge in [0.1, 0.15) is 18.1 Å². The number of amides is 3. The van der Waals surface area contributed by atoms with E-state index in [9.17, 15) is 24.3 Å². The van der Waals surface area contributed by atoms with Crippen LogP contribution in [0.4, 0.5) is 0 Å². The molecule has 9 heteroatoms. The second-order valence-corrected chi connectivity index (χ2v) is 6.89. The molecule has 0 aromatic rings. The Labute approximate surface area is 154 Å². The Morgan fingerprint density at radius 1 is 0.962 bits per heavy atom. The van der Waals surface area contributed by atoms with Crippen molar-refractivity contribution >= 4 is 23.7 Å². The van der Waals surface area contributed by atoms with Crippen LogP contribution in [0, 0.1) is 11.8 Å². The van der Waals surface area contributed by atoms with E-state index in [0.717, 1.165) is 0 Å². The normalized spacial score (nSPS) is 15.5. The van der Waals surface area contributed by atoms with E-state index in [-0.39, 0.29) is 24.8 Å². The van der Waals surface area contributed by atoms with E-state index in [4.69, 9.17) is 5.73 Å². The summed E-state index contributed by atoms with van der Waals surface area (Å²) in [6, 6.07) is -2.80. The highest BCUT2D eigenvalue weighted by Gasteiger charge is 2.31. The molecule has 4 atom stereocenters. The molecule has 0 radical (unpaired) electrons. The topological polar surface area (TPSA) is 151 Å². The smallest absolute Gasteiger partial charge is 0.326 e. The molecule has 6 N–H and O–H groups in total. The maximum atomic E-state index is 12.6. The Kier molecular flexibility index (Phi) is 10.5. The summed E-state index contributed by atoms with van der Waals surface area (Å²) in [7, 11) is 0. The lowest BCUT2D eigenvalue weighted by Crippen LogP contribution is -2.57. The second-order valence-electron chi connectivity index (χ2n) is 6.89. The molecule has 0 aromatic carbocycles. The van der Waals surface area contributed by atoms with E-state index in [0.29, 0.717) is 6.42 Å². The first-order chi connectivity index (χ1) is 12.0. The van der Waals surface area contributed by atoms with Gasteiger partial charge < -0.3 is 26.8 Å². The predicted octanol–water partition coefficient (Wildman–Crippen LogP) is -0.404. The molecule has 0 aliphatic rings. The molecule has 0 aliphatic heterocycles. The molecule has 9 nitrogen and oxygen atoms in total. The van der Waals surface area contributed by atoms with Gasteiger partial charge in [-0.1, -0.05) is 34.1 Å². The van der Waals surface area contributed by atoms with Crippen LogP contribution in [0.25, 0.3) is 0 Å². The molecule has 0 spiro atoms. The van der Waals surface area contributed by atoms with Crippen molar-refractivity contribution in [2.24, 2.45) is 17.6 Å². The molecule has 0 saturated carbocycles. The Bertz CT molecular complexity index is 509. The molecule has 0 aromatic heterocycles. The number of carbonyl (C=O) groups is 4. The third-order valence-corrected chi connectivity index (χ3v) is 4.07. The molecule has 0 bridgehead atoms. The number of carboxylic acids is 1. The number of hydrogen-bond donors (Lipinski definition) is 5. The van der Waals surface area contributed by atoms with Gasteiger partial charge in [0.15, 0.2) is 0 Å². The fourth-order valence-corrected chi connectivity index (χ4v) is 2.30. The summed E-state index contributed by atoms with van der Waals surface area (Å²) >= 11 is 0. The molecule has 0 heterocycles. The first-order valence-electron chi connectivity index (χ1n) is 8.86. The standard InChI is InChI=1S/C17H32N4O5/c1-6-10(4)14(21-15(23)11(5)19-13(22)8-18)16(24)20-12(17(25)26)7-9(2)3/h9-12,14H,6-8,18H2,1-5H3,(H,19,22)(H,20,24)(H,21,23)(H,25,26)/t10-,11-,12-,14-/m0/s1. The quantitative estimate of drug-likeness (QED) is 0.333. The third-order valence-electron chi connectivity index (χ3n) is 4.07. The molecule has 0 rings (SSSR count). The molecule has 0 aliphatic carbocycles. The van der Waals surface area contributed by atoms with Gasteiger partial charge in [0.05, 0.1) is 6.54 Å². The SMILES string of the molecule is CC[C@H](C)[C@H](NC(=O)[C@H](C)NC(=O)CN)C(=O)N[C@@H](CC(C)C)C(=O)O. The van der Waals surface area contributed by atoms with Crippen molar-refractivity contribution in [3.05, 3.63) is 0 Å². The highest BCUT2D eigenvalue weighted by molar-refractivity contribution is 5.93. The van der Waals surface area contributed by atoms with E-state index in [2.05, 4.69) is 16.0 Å². The summed E-state index contributed by atoms with van der Waals surface area (Å²) in [6.07, 6.45) is 0.884. The summed E-state index contributed by atoms with van der Waals surface area (Å²) in [5, 5.41) is 16.8. The summed E-state index contributed by atoms with van der Waals surface area (Å²) < 4.78 is 0. The summed E-state index contributed by atoms with van der Waals surface area (Å²) in [6.45, 7) is 8.59. The van der Waals surface area contributed by atoms with Crippen LogP contribution < -0.4 is 21.7 Å². The fraction of sp³-hybridized carbons (Fsp3) is 0.765. The second kappa shape index (κ2) is 11.5. The summed E-state index contributed by atoms with van der Waals surface area (Å²) in [4.78, 5) is 47.5. The van der Waals surface area contributed by atoms with Crippen molar-refractivity contribution in [2.75, 3.05) is 6.54 Å². The minimum Gasteiger partial charge on any atom is -0.480 e. The summed E-state index contributed by atoms with van der Waals surface area (Å²) in [5.74, 6) is -2.84. The van der Waals surface area contributed by atoms with E-state index in [1.54, 1.807) is 6.92 Å². The minimum atomic E-state index is -1.12. The van der Waals surface area contributed by atoms with E-state index >= 15 is 0 Å². The van der Waals surface area contributed by atoms with Gasteiger partial charge in [-0.15, -0.1) is 0 Å². The van der Waals surface area contributed by atoms with Gasteiger partial charge in [0, 0.05) is 0 Å². The van der Waals surface area contributed by atoms with Crippen LogP contribution in [0.3, 0.4) is 0 Å². The monoisotopic (exact) mass is 372 g/mol. The zero-order valence-electron chi connectivity index (χ0n) is 16.2. The van der Waals surface area contributed by atoms with E-state index in [1.807, 2.05) is 20.8 Å². The van der Waals surface area contributed by atoms with E-state index in [1.165, 1.54) is 6.92 Å². The van der Waals surface area contributed by atoms with Crippen molar-refractivity contribution in [1.82, 2.24) is 16.0 Å². The van der Waals surface area contributed by atoms with Crippen molar-refractivity contribution in [2.45, 2.75) is 65.6 Å². The van der Waals surface area contributed by atoms with Crippen LogP contribution in [0.1, 0.15) is 47.5 Å². The van der Waals surface area contributed by atoms with Crippen LogP contribution in [-0.4, -0.2) is 53.5 Å². The van der Waals surface area contributed by atoms with Crippen LogP contribution in [0.2, 0.25) is 0 Å². The van der Waals surface area contributed by atoms with Crippen LogP contribution in [0.15, 0.2) is 0 Å².